The second-order valence-corrected chi connectivity index (χ2v) is 2.75. The van der Waals surface area contributed by atoms with E-state index < -0.39 is 11.3 Å². The van der Waals surface area contributed by atoms with Crippen molar-refractivity contribution >= 4 is 24.2 Å². The molecule has 0 aromatic heterocycles. The van der Waals surface area contributed by atoms with Crippen molar-refractivity contribution in [3.05, 3.63) is 0 Å². The number of halogens is 1. The maximum Gasteiger partial charge on any atom is 0.232 e. The minimum absolute atomic E-state index is 0. The summed E-state index contributed by atoms with van der Waals surface area (Å²) in [5.74, 6) is -0.622. The summed E-state index contributed by atoms with van der Waals surface area (Å²) >= 11 is 0. The first-order valence-electron chi connectivity index (χ1n) is 3.44. The minimum Gasteiger partial charge on any atom is -0.481 e. The number of carbonyl (C=O) groups is 1. The van der Waals surface area contributed by atoms with E-state index in [1.807, 2.05) is 0 Å². The van der Waals surface area contributed by atoms with Gasteiger partial charge in [0.1, 0.15) is 5.41 Å². The van der Waals surface area contributed by atoms with Gasteiger partial charge in [0.2, 0.25) is 5.91 Å². The Labute approximate surface area is 78.4 Å². The van der Waals surface area contributed by atoms with E-state index in [4.69, 9.17) is 15.9 Å². The van der Waals surface area contributed by atoms with Gasteiger partial charge in [0.15, 0.2) is 5.90 Å². The van der Waals surface area contributed by atoms with Crippen LogP contribution < -0.4 is 5.73 Å². The van der Waals surface area contributed by atoms with Crippen LogP contribution in [0.25, 0.3) is 0 Å². The fourth-order valence-corrected chi connectivity index (χ4v) is 0.437. The van der Waals surface area contributed by atoms with Gasteiger partial charge < -0.3 is 10.5 Å². The van der Waals surface area contributed by atoms with Crippen LogP contribution in [0.15, 0.2) is 0 Å². The maximum atomic E-state index is 10.7. The smallest absolute Gasteiger partial charge is 0.232 e. The zero-order chi connectivity index (χ0) is 9.07. The Morgan fingerprint density at radius 1 is 1.58 bits per heavy atom. The van der Waals surface area contributed by atoms with Gasteiger partial charge in [-0.05, 0) is 20.8 Å². The Morgan fingerprint density at radius 2 is 2.00 bits per heavy atom. The lowest BCUT2D eigenvalue weighted by Gasteiger charge is -2.20. The van der Waals surface area contributed by atoms with Gasteiger partial charge in [-0.25, -0.2) is 0 Å². The van der Waals surface area contributed by atoms with E-state index in [1.54, 1.807) is 20.8 Å². The molecule has 0 saturated carbocycles. The van der Waals surface area contributed by atoms with Crippen LogP contribution in [0.2, 0.25) is 0 Å². The lowest BCUT2D eigenvalue weighted by Crippen LogP contribution is -2.39. The van der Waals surface area contributed by atoms with E-state index in [-0.39, 0.29) is 18.3 Å². The molecule has 0 aliphatic rings. The van der Waals surface area contributed by atoms with Gasteiger partial charge in [-0.2, -0.15) is 0 Å². The van der Waals surface area contributed by atoms with E-state index in [2.05, 4.69) is 0 Å². The lowest BCUT2D eigenvalue weighted by atomic mass is 9.92. The molecule has 12 heavy (non-hydrogen) atoms. The number of hydrogen-bond donors (Lipinski definition) is 2. The highest BCUT2D eigenvalue weighted by Crippen LogP contribution is 2.16. The third-order valence-corrected chi connectivity index (χ3v) is 1.47. The largest absolute Gasteiger partial charge is 0.481 e. The summed E-state index contributed by atoms with van der Waals surface area (Å²) in [6.45, 7) is 5.27. The number of ether oxygens (including phenoxy) is 1. The first-order valence-corrected chi connectivity index (χ1v) is 3.44. The molecule has 0 radical (unpaired) electrons. The molecular formula is C7H15ClN2O2. The van der Waals surface area contributed by atoms with Crippen molar-refractivity contribution in [3.8, 4) is 0 Å². The molecule has 0 heterocycles. The molecule has 0 aromatic rings. The molecule has 72 valence electrons. The number of primary amides is 1. The monoisotopic (exact) mass is 194 g/mol. The van der Waals surface area contributed by atoms with Crippen molar-refractivity contribution in [2.24, 2.45) is 11.1 Å². The highest BCUT2D eigenvalue weighted by Gasteiger charge is 2.31. The summed E-state index contributed by atoms with van der Waals surface area (Å²) < 4.78 is 4.85. The van der Waals surface area contributed by atoms with Crippen LogP contribution in [0.4, 0.5) is 0 Å². The molecule has 0 fully saturated rings. The fourth-order valence-electron chi connectivity index (χ4n) is 0.437. The number of hydrogen-bond acceptors (Lipinski definition) is 3. The minimum atomic E-state index is -0.990. The Balaban J connectivity index is 0. The Kier molecular flexibility index (Phi) is 5.72. The first kappa shape index (κ1) is 13.8. The van der Waals surface area contributed by atoms with Crippen LogP contribution in [0.5, 0.6) is 0 Å². The molecule has 1 amide bonds. The van der Waals surface area contributed by atoms with E-state index in [0.29, 0.717) is 6.61 Å². The summed E-state index contributed by atoms with van der Waals surface area (Å²) in [4.78, 5) is 10.7. The number of nitrogens with one attached hydrogen (secondary N) is 1. The van der Waals surface area contributed by atoms with E-state index in [0.717, 1.165) is 0 Å². The number of carbonyl (C=O) groups excluding carboxylic acids is 1. The fraction of sp³-hybridized carbons (Fsp3) is 0.714. The molecule has 4 nitrogen and oxygen atoms in total. The summed E-state index contributed by atoms with van der Waals surface area (Å²) in [6.07, 6.45) is 0. The van der Waals surface area contributed by atoms with Gasteiger partial charge in [0.05, 0.1) is 6.61 Å². The lowest BCUT2D eigenvalue weighted by molar-refractivity contribution is -0.123. The molecule has 0 aliphatic carbocycles. The molecule has 0 atom stereocenters. The summed E-state index contributed by atoms with van der Waals surface area (Å²) in [6, 6.07) is 0. The highest BCUT2D eigenvalue weighted by atomic mass is 35.5. The quantitative estimate of drug-likeness (QED) is 0.518. The molecule has 0 rings (SSSR count). The Hall–Kier alpha value is -0.770. The summed E-state index contributed by atoms with van der Waals surface area (Å²) in [5, 5.41) is 7.30. The maximum absolute atomic E-state index is 10.7. The van der Waals surface area contributed by atoms with Gasteiger partial charge in [0.25, 0.3) is 0 Å². The highest BCUT2D eigenvalue weighted by molar-refractivity contribution is 6.02. The average Bonchev–Trinajstić information content (AvgIpc) is 1.88. The van der Waals surface area contributed by atoms with Crippen molar-refractivity contribution in [3.63, 3.8) is 0 Å². The SMILES string of the molecule is CCOC(=N)C(C)(C)C(N)=O.Cl. The number of amides is 1. The van der Waals surface area contributed by atoms with Gasteiger partial charge in [0, 0.05) is 0 Å². The van der Waals surface area contributed by atoms with Crippen LogP contribution in [-0.4, -0.2) is 18.4 Å². The first-order chi connectivity index (χ1) is 4.92. The molecule has 0 spiro atoms. The second-order valence-electron chi connectivity index (χ2n) is 2.75. The molecule has 0 aliphatic heterocycles. The van der Waals surface area contributed by atoms with Crippen molar-refractivity contribution in [2.45, 2.75) is 20.8 Å². The second kappa shape index (κ2) is 4.98. The van der Waals surface area contributed by atoms with Crippen molar-refractivity contribution in [1.82, 2.24) is 0 Å². The molecule has 0 aromatic carbocycles. The number of rotatable bonds is 3. The molecule has 0 unspecified atom stereocenters. The van der Waals surface area contributed by atoms with Gasteiger partial charge >= 0.3 is 0 Å². The molecule has 3 N–H and O–H groups in total. The average molecular weight is 195 g/mol. The zero-order valence-corrected chi connectivity index (χ0v) is 8.33. The van der Waals surface area contributed by atoms with Crippen molar-refractivity contribution in [2.75, 3.05) is 6.61 Å². The van der Waals surface area contributed by atoms with Crippen LogP contribution in [0.1, 0.15) is 20.8 Å². The third-order valence-electron chi connectivity index (χ3n) is 1.47. The summed E-state index contributed by atoms with van der Waals surface area (Å²) in [7, 11) is 0. The molecular weight excluding hydrogens is 180 g/mol. The third kappa shape index (κ3) is 3.09. The van der Waals surface area contributed by atoms with E-state index in [1.165, 1.54) is 0 Å². The van der Waals surface area contributed by atoms with Crippen LogP contribution >= 0.6 is 12.4 Å². The molecule has 0 bridgehead atoms. The Bertz CT molecular complexity index is 180. The standard InChI is InChI=1S/C7H14N2O2.ClH/c1-4-11-6(9)7(2,3)5(8)10;/h9H,4H2,1-3H3,(H2,8,10);1H. The van der Waals surface area contributed by atoms with Gasteiger partial charge in [-0.3, -0.25) is 10.2 Å². The molecule has 5 heteroatoms. The summed E-state index contributed by atoms with van der Waals surface area (Å²) in [5.41, 5.74) is 4.05. The van der Waals surface area contributed by atoms with Gasteiger partial charge in [-0.1, -0.05) is 0 Å². The zero-order valence-electron chi connectivity index (χ0n) is 7.51. The van der Waals surface area contributed by atoms with Crippen LogP contribution in [0, 0.1) is 10.8 Å². The van der Waals surface area contributed by atoms with Crippen molar-refractivity contribution in [1.29, 1.82) is 5.41 Å². The Morgan fingerprint density at radius 3 is 2.25 bits per heavy atom. The predicted molar refractivity (Wildman–Crippen MR) is 49.6 cm³/mol. The molecule has 0 saturated heterocycles. The topological polar surface area (TPSA) is 76.2 Å². The van der Waals surface area contributed by atoms with Crippen LogP contribution in [0.3, 0.4) is 0 Å². The van der Waals surface area contributed by atoms with Crippen molar-refractivity contribution < 1.29 is 9.53 Å². The van der Waals surface area contributed by atoms with E-state index in [9.17, 15) is 4.79 Å². The van der Waals surface area contributed by atoms with Gasteiger partial charge in [-0.15, -0.1) is 12.4 Å². The number of nitrogens with two attached hydrogens (primary N) is 1. The normalized spacial score (nSPS) is 9.92. The van der Waals surface area contributed by atoms with E-state index >= 15 is 0 Å². The van der Waals surface area contributed by atoms with Crippen LogP contribution in [-0.2, 0) is 9.53 Å². The predicted octanol–water partition coefficient (Wildman–Crippen LogP) is 0.933.